The second-order valence-corrected chi connectivity index (χ2v) is 4.66. The number of rotatable bonds is 4. The molecule has 0 aromatic heterocycles. The first-order valence-corrected chi connectivity index (χ1v) is 6.10. The van der Waals surface area contributed by atoms with E-state index in [2.05, 4.69) is 18.1 Å². The van der Waals surface area contributed by atoms with E-state index in [4.69, 9.17) is 5.73 Å². The SMILES string of the molecule is CSCCN1CC(CN)CC1C. The number of thioether (sulfide) groups is 1. The van der Waals surface area contributed by atoms with Gasteiger partial charge in [-0.25, -0.2) is 0 Å². The summed E-state index contributed by atoms with van der Waals surface area (Å²) < 4.78 is 0. The molecule has 12 heavy (non-hydrogen) atoms. The predicted molar refractivity (Wildman–Crippen MR) is 56.6 cm³/mol. The van der Waals surface area contributed by atoms with Gasteiger partial charge < -0.3 is 5.73 Å². The molecule has 0 bridgehead atoms. The second kappa shape index (κ2) is 5.10. The molecule has 1 saturated heterocycles. The van der Waals surface area contributed by atoms with Crippen LogP contribution < -0.4 is 5.73 Å². The lowest BCUT2D eigenvalue weighted by molar-refractivity contribution is 0.281. The average Bonchev–Trinajstić information content (AvgIpc) is 2.43. The van der Waals surface area contributed by atoms with Crippen LogP contribution in [0.3, 0.4) is 0 Å². The van der Waals surface area contributed by atoms with Gasteiger partial charge in [0, 0.05) is 24.9 Å². The van der Waals surface area contributed by atoms with Crippen LogP contribution in [-0.2, 0) is 0 Å². The summed E-state index contributed by atoms with van der Waals surface area (Å²) in [5.74, 6) is 2.00. The van der Waals surface area contributed by atoms with Gasteiger partial charge in [-0.15, -0.1) is 0 Å². The maximum atomic E-state index is 5.66. The van der Waals surface area contributed by atoms with Crippen LogP contribution in [0.4, 0.5) is 0 Å². The van der Waals surface area contributed by atoms with Crippen LogP contribution in [0.1, 0.15) is 13.3 Å². The Bertz CT molecular complexity index is 130. The highest BCUT2D eigenvalue weighted by molar-refractivity contribution is 7.98. The first-order valence-electron chi connectivity index (χ1n) is 4.71. The second-order valence-electron chi connectivity index (χ2n) is 3.67. The molecule has 1 rings (SSSR count). The molecule has 0 saturated carbocycles. The van der Waals surface area contributed by atoms with E-state index in [9.17, 15) is 0 Å². The molecule has 0 radical (unpaired) electrons. The fourth-order valence-corrected chi connectivity index (χ4v) is 2.33. The summed E-state index contributed by atoms with van der Waals surface area (Å²) >= 11 is 1.93. The molecule has 0 aliphatic carbocycles. The van der Waals surface area contributed by atoms with Crippen molar-refractivity contribution in [1.29, 1.82) is 0 Å². The van der Waals surface area contributed by atoms with Crippen molar-refractivity contribution in [3.63, 3.8) is 0 Å². The highest BCUT2D eigenvalue weighted by Gasteiger charge is 2.26. The third-order valence-corrected chi connectivity index (χ3v) is 3.30. The Balaban J connectivity index is 2.25. The highest BCUT2D eigenvalue weighted by Crippen LogP contribution is 2.21. The van der Waals surface area contributed by atoms with Crippen molar-refractivity contribution in [2.75, 3.05) is 31.6 Å². The minimum absolute atomic E-state index is 0.752. The van der Waals surface area contributed by atoms with Gasteiger partial charge in [0.1, 0.15) is 0 Å². The Kier molecular flexibility index (Phi) is 4.40. The Morgan fingerprint density at radius 3 is 2.83 bits per heavy atom. The summed E-state index contributed by atoms with van der Waals surface area (Å²) in [5, 5.41) is 0. The van der Waals surface area contributed by atoms with Gasteiger partial charge in [0.05, 0.1) is 0 Å². The first-order chi connectivity index (χ1) is 5.77. The Morgan fingerprint density at radius 2 is 2.33 bits per heavy atom. The van der Waals surface area contributed by atoms with Gasteiger partial charge in [-0.3, -0.25) is 4.90 Å². The molecule has 72 valence electrons. The van der Waals surface area contributed by atoms with Crippen molar-refractivity contribution in [2.24, 2.45) is 11.7 Å². The molecule has 0 spiro atoms. The Morgan fingerprint density at radius 1 is 1.58 bits per heavy atom. The zero-order valence-electron chi connectivity index (χ0n) is 8.12. The number of nitrogens with two attached hydrogens (primary N) is 1. The predicted octanol–water partition coefficient (Wildman–Crippen LogP) is 1.02. The maximum absolute atomic E-state index is 5.66. The third kappa shape index (κ3) is 2.64. The Labute approximate surface area is 79.9 Å². The minimum Gasteiger partial charge on any atom is -0.330 e. The van der Waals surface area contributed by atoms with Gasteiger partial charge in [0.2, 0.25) is 0 Å². The molecule has 1 aliphatic rings. The molecular weight excluding hydrogens is 168 g/mol. The van der Waals surface area contributed by atoms with Crippen molar-refractivity contribution >= 4 is 11.8 Å². The molecule has 0 amide bonds. The summed E-state index contributed by atoms with van der Waals surface area (Å²) in [4.78, 5) is 2.56. The van der Waals surface area contributed by atoms with Crippen molar-refractivity contribution in [1.82, 2.24) is 4.90 Å². The molecule has 2 atom stereocenters. The van der Waals surface area contributed by atoms with Crippen molar-refractivity contribution < 1.29 is 0 Å². The molecule has 0 aromatic carbocycles. The van der Waals surface area contributed by atoms with E-state index in [-0.39, 0.29) is 0 Å². The zero-order chi connectivity index (χ0) is 8.97. The summed E-state index contributed by atoms with van der Waals surface area (Å²) in [6.45, 7) is 5.63. The molecule has 2 nitrogen and oxygen atoms in total. The van der Waals surface area contributed by atoms with E-state index in [1.165, 1.54) is 25.3 Å². The van der Waals surface area contributed by atoms with Crippen LogP contribution in [0, 0.1) is 5.92 Å². The number of nitrogens with zero attached hydrogens (tertiary/aromatic N) is 1. The highest BCUT2D eigenvalue weighted by atomic mass is 32.2. The topological polar surface area (TPSA) is 29.3 Å². The molecule has 1 fully saturated rings. The monoisotopic (exact) mass is 188 g/mol. The van der Waals surface area contributed by atoms with Gasteiger partial charge in [-0.1, -0.05) is 0 Å². The molecule has 0 aromatic rings. The summed E-state index contributed by atoms with van der Waals surface area (Å²) in [6, 6.07) is 0.755. The average molecular weight is 188 g/mol. The quantitative estimate of drug-likeness (QED) is 0.714. The van der Waals surface area contributed by atoms with Crippen LogP contribution in [0.2, 0.25) is 0 Å². The lowest BCUT2D eigenvalue weighted by Gasteiger charge is -2.19. The Hall–Kier alpha value is 0.270. The van der Waals surface area contributed by atoms with Crippen LogP contribution >= 0.6 is 11.8 Å². The number of hydrogen-bond donors (Lipinski definition) is 1. The van der Waals surface area contributed by atoms with Gasteiger partial charge in [0.15, 0.2) is 0 Å². The summed E-state index contributed by atoms with van der Waals surface area (Å²) in [6.07, 6.45) is 3.46. The number of hydrogen-bond acceptors (Lipinski definition) is 3. The molecule has 3 heteroatoms. The van der Waals surface area contributed by atoms with E-state index in [0.29, 0.717) is 0 Å². The van der Waals surface area contributed by atoms with Crippen molar-refractivity contribution in [3.05, 3.63) is 0 Å². The van der Waals surface area contributed by atoms with Gasteiger partial charge in [-0.05, 0) is 32.1 Å². The lowest BCUT2D eigenvalue weighted by atomic mass is 10.1. The molecule has 1 heterocycles. The maximum Gasteiger partial charge on any atom is 0.00752 e. The van der Waals surface area contributed by atoms with Crippen LogP contribution in [-0.4, -0.2) is 42.6 Å². The standard InChI is InChI=1S/C9H20N2S/c1-8-5-9(6-10)7-11(8)3-4-12-2/h8-9H,3-7,10H2,1-2H3. The molecule has 2 N–H and O–H groups in total. The first kappa shape index (κ1) is 10.4. The fourth-order valence-electron chi connectivity index (χ4n) is 1.91. The summed E-state index contributed by atoms with van der Waals surface area (Å²) in [7, 11) is 0. The van der Waals surface area contributed by atoms with Crippen LogP contribution in [0.5, 0.6) is 0 Å². The molecule has 1 aliphatic heterocycles. The van der Waals surface area contributed by atoms with Crippen LogP contribution in [0.25, 0.3) is 0 Å². The summed E-state index contributed by atoms with van der Waals surface area (Å²) in [5.41, 5.74) is 5.66. The van der Waals surface area contributed by atoms with E-state index >= 15 is 0 Å². The van der Waals surface area contributed by atoms with Gasteiger partial charge in [-0.2, -0.15) is 11.8 Å². The van der Waals surface area contributed by atoms with Crippen molar-refractivity contribution in [3.8, 4) is 0 Å². The third-order valence-electron chi connectivity index (χ3n) is 2.71. The van der Waals surface area contributed by atoms with E-state index in [1.54, 1.807) is 0 Å². The minimum atomic E-state index is 0.752. The largest absolute Gasteiger partial charge is 0.330 e. The van der Waals surface area contributed by atoms with Gasteiger partial charge >= 0.3 is 0 Å². The van der Waals surface area contributed by atoms with E-state index in [1.807, 2.05) is 11.8 Å². The fraction of sp³-hybridized carbons (Fsp3) is 1.00. The molecule has 2 unspecified atom stereocenters. The van der Waals surface area contributed by atoms with E-state index in [0.717, 1.165) is 18.5 Å². The van der Waals surface area contributed by atoms with Crippen molar-refractivity contribution in [2.45, 2.75) is 19.4 Å². The normalized spacial score (nSPS) is 31.2. The van der Waals surface area contributed by atoms with Crippen LogP contribution in [0.15, 0.2) is 0 Å². The van der Waals surface area contributed by atoms with E-state index < -0.39 is 0 Å². The zero-order valence-corrected chi connectivity index (χ0v) is 8.94. The smallest absolute Gasteiger partial charge is 0.00752 e. The number of likely N-dealkylation sites (tertiary alicyclic amines) is 1. The van der Waals surface area contributed by atoms with Gasteiger partial charge in [0.25, 0.3) is 0 Å². The molecular formula is C9H20N2S. The lowest BCUT2D eigenvalue weighted by Crippen LogP contribution is -2.30.